The van der Waals surface area contributed by atoms with Gasteiger partial charge in [-0.1, -0.05) is 11.6 Å². The van der Waals surface area contributed by atoms with Gasteiger partial charge in [-0.15, -0.1) is 0 Å². The van der Waals surface area contributed by atoms with E-state index in [2.05, 4.69) is 10.6 Å². The van der Waals surface area contributed by atoms with Crippen molar-refractivity contribution in [2.75, 3.05) is 11.9 Å². The molecule has 0 aliphatic heterocycles. The van der Waals surface area contributed by atoms with Crippen molar-refractivity contribution < 1.29 is 37.0 Å². The molecule has 38 heavy (non-hydrogen) atoms. The number of nitrogens with two attached hydrogens (primary N) is 1. The third-order valence-corrected chi connectivity index (χ3v) is 10.1. The van der Waals surface area contributed by atoms with E-state index in [1.807, 2.05) is 0 Å². The second kappa shape index (κ2) is 10.9. The Morgan fingerprint density at radius 1 is 1.11 bits per heavy atom. The third kappa shape index (κ3) is 5.69. The highest BCUT2D eigenvalue weighted by Gasteiger charge is 2.56. The Balaban J connectivity index is 1.51. The molecule has 2 aromatic carbocycles. The highest BCUT2D eigenvalue weighted by Crippen LogP contribution is 2.53. The molecular formula is C25H28ClF2N3O6S. The summed E-state index contributed by atoms with van der Waals surface area (Å²) in [6.45, 7) is -0.167. The van der Waals surface area contributed by atoms with Crippen LogP contribution in [0.1, 0.15) is 42.5 Å². The van der Waals surface area contributed by atoms with Crippen LogP contribution in [0.4, 0.5) is 14.5 Å². The number of rotatable bonds is 8. The van der Waals surface area contributed by atoms with Gasteiger partial charge >= 0.3 is 0 Å². The van der Waals surface area contributed by atoms with Crippen LogP contribution in [0, 0.1) is 23.5 Å². The lowest BCUT2D eigenvalue weighted by Gasteiger charge is -2.42. The van der Waals surface area contributed by atoms with Crippen LogP contribution in [0.15, 0.2) is 41.3 Å². The summed E-state index contributed by atoms with van der Waals surface area (Å²) in [6, 6.07) is 6.56. The van der Waals surface area contributed by atoms with Gasteiger partial charge in [-0.25, -0.2) is 17.2 Å². The molecule has 2 aliphatic carbocycles. The van der Waals surface area contributed by atoms with Crippen LogP contribution in [0.5, 0.6) is 0 Å². The molecule has 0 spiro atoms. The number of aliphatic hydroxyl groups is 2. The highest BCUT2D eigenvalue weighted by atomic mass is 35.5. The second-order valence-corrected chi connectivity index (χ2v) is 12.5. The van der Waals surface area contributed by atoms with Crippen LogP contribution in [0.3, 0.4) is 0 Å². The van der Waals surface area contributed by atoms with Gasteiger partial charge in [-0.3, -0.25) is 9.59 Å². The van der Waals surface area contributed by atoms with E-state index in [0.717, 1.165) is 18.2 Å². The van der Waals surface area contributed by atoms with Crippen LogP contribution in [-0.4, -0.2) is 54.1 Å². The number of carbonyl (C=O) groups excluding carboxylic acids is 2. The van der Waals surface area contributed by atoms with E-state index >= 15 is 0 Å². The molecule has 6 N–H and O–H groups in total. The van der Waals surface area contributed by atoms with Crippen molar-refractivity contribution in [3.8, 4) is 0 Å². The van der Waals surface area contributed by atoms with Gasteiger partial charge in [0.05, 0.1) is 33.7 Å². The first-order valence-corrected chi connectivity index (χ1v) is 14.0. The molecule has 9 nitrogen and oxygen atoms in total. The maximum absolute atomic E-state index is 13.6. The predicted molar refractivity (Wildman–Crippen MR) is 135 cm³/mol. The summed E-state index contributed by atoms with van der Waals surface area (Å²) < 4.78 is 54.0. The Kier molecular flexibility index (Phi) is 8.10. The summed E-state index contributed by atoms with van der Waals surface area (Å²) in [6.07, 6.45) is -0.171. The monoisotopic (exact) mass is 571 g/mol. The van der Waals surface area contributed by atoms with E-state index in [1.54, 1.807) is 0 Å². The summed E-state index contributed by atoms with van der Waals surface area (Å²) in [5.41, 5.74) is 3.79. The molecule has 3 atom stereocenters. The number of hydrogen-bond acceptors (Lipinski definition) is 7. The largest absolute Gasteiger partial charge is 0.389 e. The Labute approximate surface area is 223 Å². The van der Waals surface area contributed by atoms with Crippen molar-refractivity contribution in [2.45, 2.75) is 54.1 Å². The lowest BCUT2D eigenvalue weighted by atomic mass is 9.72. The van der Waals surface area contributed by atoms with Gasteiger partial charge in [0.15, 0.2) is 21.5 Å². The van der Waals surface area contributed by atoms with Gasteiger partial charge in [-0.05, 0) is 67.9 Å². The van der Waals surface area contributed by atoms with E-state index in [0.29, 0.717) is 12.8 Å². The number of hydrogen-bond donors (Lipinski definition) is 5. The molecule has 0 heterocycles. The molecule has 13 heteroatoms. The zero-order valence-corrected chi connectivity index (χ0v) is 21.7. The second-order valence-electron chi connectivity index (χ2n) is 9.88. The van der Waals surface area contributed by atoms with Crippen LogP contribution in [-0.2, 0) is 14.6 Å². The van der Waals surface area contributed by atoms with Crippen molar-refractivity contribution in [1.82, 2.24) is 5.32 Å². The summed E-state index contributed by atoms with van der Waals surface area (Å²) >= 11 is 6.24. The molecule has 2 amide bonds. The molecule has 2 unspecified atom stereocenters. The molecule has 0 radical (unpaired) electrons. The van der Waals surface area contributed by atoms with Crippen molar-refractivity contribution in [2.24, 2.45) is 17.6 Å². The lowest BCUT2D eigenvalue weighted by molar-refractivity contribution is -0.133. The van der Waals surface area contributed by atoms with Crippen LogP contribution in [0.25, 0.3) is 0 Å². The molecule has 2 fully saturated rings. The molecular weight excluding hydrogens is 544 g/mol. The summed E-state index contributed by atoms with van der Waals surface area (Å²) in [4.78, 5) is 24.8. The van der Waals surface area contributed by atoms with Crippen molar-refractivity contribution in [3.05, 3.63) is 58.6 Å². The van der Waals surface area contributed by atoms with Crippen molar-refractivity contribution in [3.63, 3.8) is 0 Å². The van der Waals surface area contributed by atoms with Crippen molar-refractivity contribution >= 4 is 38.9 Å². The van der Waals surface area contributed by atoms with E-state index in [-0.39, 0.29) is 47.0 Å². The fraction of sp³-hybridized carbons (Fsp3) is 0.440. The molecule has 2 saturated carbocycles. The van der Waals surface area contributed by atoms with Crippen molar-refractivity contribution in [1.29, 1.82) is 0 Å². The number of carbonyl (C=O) groups is 2. The molecule has 2 aromatic rings. The molecule has 2 bridgehead atoms. The zero-order chi connectivity index (χ0) is 27.8. The first-order chi connectivity index (χ1) is 17.8. The first-order valence-electron chi connectivity index (χ1n) is 12.0. The Bertz CT molecular complexity index is 1340. The molecule has 206 valence electrons. The quantitative estimate of drug-likeness (QED) is 0.304. The van der Waals surface area contributed by atoms with Crippen LogP contribution >= 0.6 is 11.6 Å². The van der Waals surface area contributed by atoms with Crippen LogP contribution in [0.2, 0.25) is 5.02 Å². The third-order valence-electron chi connectivity index (χ3n) is 7.44. The SMILES string of the molecule is N[C@@H](O)CNC(=O)CC1(O)C2CCC1CC(S(=O)(=O)c1cc(C(=O)Nc3ccc(F)c(F)c3)ccc1Cl)C2. The molecule has 0 aromatic heterocycles. The predicted octanol–water partition coefficient (Wildman–Crippen LogP) is 2.35. The van der Waals surface area contributed by atoms with Gasteiger partial charge < -0.3 is 26.6 Å². The van der Waals surface area contributed by atoms with Gasteiger partial charge in [0.25, 0.3) is 5.91 Å². The minimum Gasteiger partial charge on any atom is -0.389 e. The Morgan fingerprint density at radius 3 is 2.37 bits per heavy atom. The number of amides is 2. The number of aliphatic hydroxyl groups excluding tert-OH is 1. The Morgan fingerprint density at radius 2 is 1.76 bits per heavy atom. The van der Waals surface area contributed by atoms with E-state index in [1.165, 1.54) is 18.2 Å². The lowest BCUT2D eigenvalue weighted by Crippen LogP contribution is -2.51. The van der Waals surface area contributed by atoms with Gasteiger partial charge in [0, 0.05) is 17.3 Å². The maximum Gasteiger partial charge on any atom is 0.255 e. The fourth-order valence-corrected chi connectivity index (χ4v) is 7.91. The summed E-state index contributed by atoms with van der Waals surface area (Å²) in [5.74, 6) is -4.36. The fourth-order valence-electron chi connectivity index (χ4n) is 5.51. The highest BCUT2D eigenvalue weighted by molar-refractivity contribution is 7.92. The number of halogens is 3. The van der Waals surface area contributed by atoms with Gasteiger partial charge in [0.1, 0.15) is 6.23 Å². The minimum absolute atomic E-state index is 0.0126. The van der Waals surface area contributed by atoms with Crippen LogP contribution < -0.4 is 16.4 Å². The number of anilines is 1. The summed E-state index contributed by atoms with van der Waals surface area (Å²) in [5, 5.41) is 24.4. The first kappa shape index (κ1) is 28.4. The average Bonchev–Trinajstić information content (AvgIpc) is 3.00. The maximum atomic E-state index is 13.6. The van der Waals surface area contributed by atoms with E-state index < -0.39 is 62.2 Å². The normalized spacial score (nSPS) is 25.6. The number of sulfone groups is 1. The standard InChI is InChI=1S/C25H28ClF2N3O6S/c26-18-5-1-13(24(34)31-16-4-6-19(27)20(28)10-16)7-21(18)38(36,37)17-8-14-2-3-15(9-17)25(14,35)11-23(33)30-12-22(29)32/h1,4-7,10,14-15,17,22,32,35H,2-3,8-9,11-12,29H2,(H,30,33)(H,31,34)/t14?,15?,17?,22-,25?/m0/s1. The number of nitrogens with one attached hydrogen (secondary N) is 2. The van der Waals surface area contributed by atoms with E-state index in [9.17, 15) is 31.9 Å². The van der Waals surface area contributed by atoms with E-state index in [4.69, 9.17) is 22.4 Å². The topological polar surface area (TPSA) is 159 Å². The summed E-state index contributed by atoms with van der Waals surface area (Å²) in [7, 11) is -4.04. The smallest absolute Gasteiger partial charge is 0.255 e. The molecule has 0 saturated heterocycles. The van der Waals surface area contributed by atoms with Gasteiger partial charge in [-0.2, -0.15) is 0 Å². The zero-order valence-electron chi connectivity index (χ0n) is 20.2. The average molecular weight is 572 g/mol. The Hall–Kier alpha value is -2.64. The molecule has 4 rings (SSSR count). The minimum atomic E-state index is -4.04. The molecule has 2 aliphatic rings. The number of benzene rings is 2. The number of fused-ring (bicyclic) bond motifs is 2. The van der Waals surface area contributed by atoms with Gasteiger partial charge in [0.2, 0.25) is 5.91 Å².